The molecular weight excluding hydrogens is 296 g/mol. The molecule has 0 saturated carbocycles. The van der Waals surface area contributed by atoms with E-state index >= 15 is 0 Å². The Morgan fingerprint density at radius 3 is 2.39 bits per heavy atom. The van der Waals surface area contributed by atoms with E-state index in [1.165, 1.54) is 19.2 Å². The predicted octanol–water partition coefficient (Wildman–Crippen LogP) is 2.99. The summed E-state index contributed by atoms with van der Waals surface area (Å²) in [5.74, 6) is -1.11. The van der Waals surface area contributed by atoms with Gasteiger partial charge >= 0.3 is 5.97 Å². The SMILES string of the molecule is COC(=O)c1ccc2oc3c(c2c1)C(=O)c1ccccc1C3=O. The van der Waals surface area contributed by atoms with Gasteiger partial charge in [0.05, 0.1) is 18.2 Å². The summed E-state index contributed by atoms with van der Waals surface area (Å²) in [6, 6.07) is 11.2. The molecule has 0 radical (unpaired) electrons. The van der Waals surface area contributed by atoms with Crippen LogP contribution in [0.15, 0.2) is 46.9 Å². The third-order valence-corrected chi connectivity index (χ3v) is 3.96. The number of carbonyl (C=O) groups is 3. The highest BCUT2D eigenvalue weighted by Gasteiger charge is 2.35. The predicted molar refractivity (Wildman–Crippen MR) is 80.9 cm³/mol. The van der Waals surface area contributed by atoms with Crippen LogP contribution in [0.25, 0.3) is 11.0 Å². The molecule has 0 spiro atoms. The van der Waals surface area contributed by atoms with Crippen molar-refractivity contribution in [1.29, 1.82) is 0 Å². The molecule has 5 nitrogen and oxygen atoms in total. The number of furan rings is 1. The second-order valence-electron chi connectivity index (χ2n) is 5.21. The van der Waals surface area contributed by atoms with Crippen molar-refractivity contribution in [3.05, 3.63) is 70.5 Å². The first-order chi connectivity index (χ1) is 11.1. The van der Waals surface area contributed by atoms with Crippen molar-refractivity contribution in [3.8, 4) is 0 Å². The molecule has 1 heterocycles. The van der Waals surface area contributed by atoms with E-state index in [1.807, 2.05) is 0 Å². The number of esters is 1. The molecule has 2 aromatic carbocycles. The van der Waals surface area contributed by atoms with Crippen LogP contribution in [0.1, 0.15) is 42.4 Å². The summed E-state index contributed by atoms with van der Waals surface area (Å²) in [5.41, 5.74) is 1.56. The normalized spacial score (nSPS) is 12.9. The molecule has 0 N–H and O–H groups in total. The average molecular weight is 306 g/mol. The van der Waals surface area contributed by atoms with Crippen LogP contribution in [0, 0.1) is 0 Å². The highest BCUT2D eigenvalue weighted by Crippen LogP contribution is 2.35. The van der Waals surface area contributed by atoms with Crippen molar-refractivity contribution < 1.29 is 23.5 Å². The zero-order chi connectivity index (χ0) is 16.1. The van der Waals surface area contributed by atoms with Gasteiger partial charge in [-0.3, -0.25) is 9.59 Å². The first-order valence-corrected chi connectivity index (χ1v) is 6.95. The molecule has 0 aliphatic heterocycles. The summed E-state index contributed by atoms with van der Waals surface area (Å²) >= 11 is 0. The highest BCUT2D eigenvalue weighted by atomic mass is 16.5. The smallest absolute Gasteiger partial charge is 0.337 e. The molecule has 4 rings (SSSR count). The fourth-order valence-electron chi connectivity index (χ4n) is 2.86. The molecule has 5 heteroatoms. The summed E-state index contributed by atoms with van der Waals surface area (Å²) in [4.78, 5) is 37.0. The number of rotatable bonds is 1. The standard InChI is InChI=1S/C18H10O5/c1-22-18(21)9-6-7-13-12(8-9)14-15(19)10-4-2-3-5-11(10)16(20)17(14)23-13/h2-8H,1H3. The van der Waals surface area contributed by atoms with E-state index in [1.54, 1.807) is 30.3 Å². The molecule has 0 atom stereocenters. The molecule has 23 heavy (non-hydrogen) atoms. The van der Waals surface area contributed by atoms with Gasteiger partial charge in [-0.25, -0.2) is 4.79 Å². The fraction of sp³-hybridized carbons (Fsp3) is 0.0556. The van der Waals surface area contributed by atoms with Crippen molar-refractivity contribution >= 4 is 28.5 Å². The number of hydrogen-bond donors (Lipinski definition) is 0. The third kappa shape index (κ3) is 1.76. The van der Waals surface area contributed by atoms with Crippen molar-refractivity contribution in [2.75, 3.05) is 7.11 Å². The lowest BCUT2D eigenvalue weighted by Crippen LogP contribution is -2.19. The van der Waals surface area contributed by atoms with Crippen LogP contribution in [-0.4, -0.2) is 24.6 Å². The average Bonchev–Trinajstić information content (AvgIpc) is 2.98. The van der Waals surface area contributed by atoms with Crippen LogP contribution in [0.5, 0.6) is 0 Å². The van der Waals surface area contributed by atoms with Gasteiger partial charge in [-0.05, 0) is 18.2 Å². The molecule has 0 saturated heterocycles. The molecule has 1 aliphatic rings. The third-order valence-electron chi connectivity index (χ3n) is 3.96. The highest BCUT2D eigenvalue weighted by molar-refractivity contribution is 6.31. The van der Waals surface area contributed by atoms with Crippen LogP contribution in [0.4, 0.5) is 0 Å². The van der Waals surface area contributed by atoms with Crippen molar-refractivity contribution in [3.63, 3.8) is 0 Å². The quantitative estimate of drug-likeness (QED) is 0.505. The lowest BCUT2D eigenvalue weighted by molar-refractivity contribution is 0.0600. The Kier molecular flexibility index (Phi) is 2.72. The Balaban J connectivity index is 2.02. The second kappa shape index (κ2) is 4.64. The van der Waals surface area contributed by atoms with Crippen LogP contribution >= 0.6 is 0 Å². The van der Waals surface area contributed by atoms with E-state index in [0.717, 1.165) is 0 Å². The second-order valence-corrected chi connectivity index (χ2v) is 5.21. The molecule has 0 fully saturated rings. The number of methoxy groups -OCH3 is 1. The maximum Gasteiger partial charge on any atom is 0.337 e. The maximum atomic E-state index is 12.8. The number of ketones is 2. The van der Waals surface area contributed by atoms with Crippen LogP contribution < -0.4 is 0 Å². The fourth-order valence-corrected chi connectivity index (χ4v) is 2.86. The number of benzene rings is 2. The monoisotopic (exact) mass is 306 g/mol. The van der Waals surface area contributed by atoms with Gasteiger partial charge in [0.1, 0.15) is 5.58 Å². The van der Waals surface area contributed by atoms with Gasteiger partial charge in [0, 0.05) is 16.5 Å². The van der Waals surface area contributed by atoms with Crippen molar-refractivity contribution in [1.82, 2.24) is 0 Å². The van der Waals surface area contributed by atoms with E-state index in [-0.39, 0.29) is 22.9 Å². The summed E-state index contributed by atoms with van der Waals surface area (Å²) in [6.07, 6.45) is 0. The largest absolute Gasteiger partial charge is 0.465 e. The molecule has 3 aromatic rings. The van der Waals surface area contributed by atoms with E-state index in [9.17, 15) is 14.4 Å². The minimum Gasteiger partial charge on any atom is -0.465 e. The van der Waals surface area contributed by atoms with Gasteiger partial charge in [-0.15, -0.1) is 0 Å². The molecule has 1 aliphatic carbocycles. The van der Waals surface area contributed by atoms with Gasteiger partial charge in [-0.2, -0.15) is 0 Å². The van der Waals surface area contributed by atoms with E-state index in [2.05, 4.69) is 4.74 Å². The van der Waals surface area contributed by atoms with Crippen LogP contribution in [0.3, 0.4) is 0 Å². The number of fused-ring (bicyclic) bond motifs is 4. The number of carbonyl (C=O) groups excluding carboxylic acids is 3. The van der Waals surface area contributed by atoms with Crippen LogP contribution in [-0.2, 0) is 4.74 Å². The van der Waals surface area contributed by atoms with Gasteiger partial charge in [0.25, 0.3) is 0 Å². The molecular formula is C18H10O5. The van der Waals surface area contributed by atoms with E-state index < -0.39 is 5.97 Å². The van der Waals surface area contributed by atoms with Gasteiger partial charge in [-0.1, -0.05) is 24.3 Å². The first-order valence-electron chi connectivity index (χ1n) is 6.95. The maximum absolute atomic E-state index is 12.8. The van der Waals surface area contributed by atoms with Crippen LogP contribution in [0.2, 0.25) is 0 Å². The molecule has 0 unspecified atom stereocenters. The Labute approximate surface area is 130 Å². The number of hydrogen-bond acceptors (Lipinski definition) is 5. The molecule has 1 aromatic heterocycles. The zero-order valence-electron chi connectivity index (χ0n) is 12.1. The zero-order valence-corrected chi connectivity index (χ0v) is 12.1. The Hall–Kier alpha value is -3.21. The lowest BCUT2D eigenvalue weighted by atomic mass is 9.87. The molecule has 0 amide bonds. The molecule has 0 bridgehead atoms. The van der Waals surface area contributed by atoms with Gasteiger partial charge < -0.3 is 9.15 Å². The van der Waals surface area contributed by atoms with Crippen molar-refractivity contribution in [2.24, 2.45) is 0 Å². The first kappa shape index (κ1) is 13.5. The topological polar surface area (TPSA) is 73.6 Å². The summed E-state index contributed by atoms with van der Waals surface area (Å²) in [6.45, 7) is 0. The van der Waals surface area contributed by atoms with E-state index in [4.69, 9.17) is 4.42 Å². The van der Waals surface area contributed by atoms with Gasteiger partial charge in [0.15, 0.2) is 11.5 Å². The molecule has 112 valence electrons. The van der Waals surface area contributed by atoms with E-state index in [0.29, 0.717) is 27.7 Å². The summed E-state index contributed by atoms with van der Waals surface area (Å²) in [5, 5.41) is 0.441. The number of ether oxygens (including phenoxy) is 1. The Morgan fingerprint density at radius 2 is 1.70 bits per heavy atom. The Morgan fingerprint density at radius 1 is 1.00 bits per heavy atom. The van der Waals surface area contributed by atoms with Crippen molar-refractivity contribution in [2.45, 2.75) is 0 Å². The minimum atomic E-state index is -0.517. The lowest BCUT2D eigenvalue weighted by Gasteiger charge is -2.12. The Bertz CT molecular complexity index is 1010. The minimum absolute atomic E-state index is 0.0192. The summed E-state index contributed by atoms with van der Waals surface area (Å²) in [7, 11) is 1.28. The van der Waals surface area contributed by atoms with Gasteiger partial charge in [0.2, 0.25) is 5.78 Å². The summed E-state index contributed by atoms with van der Waals surface area (Å²) < 4.78 is 10.3.